The summed E-state index contributed by atoms with van der Waals surface area (Å²) in [5.74, 6) is 0.572. The van der Waals surface area contributed by atoms with E-state index >= 15 is 0 Å². The van der Waals surface area contributed by atoms with E-state index in [1.807, 2.05) is 25.7 Å². The molecule has 1 aromatic heterocycles. The fourth-order valence-electron chi connectivity index (χ4n) is 2.93. The molecule has 1 aromatic rings. The number of carbonyl (C=O) groups is 1. The van der Waals surface area contributed by atoms with Gasteiger partial charge >= 0.3 is 6.09 Å². The quantitative estimate of drug-likeness (QED) is 0.773. The van der Waals surface area contributed by atoms with Crippen molar-refractivity contribution in [2.45, 2.75) is 65.5 Å². The highest BCUT2D eigenvalue weighted by molar-refractivity contribution is 9.10. The molecule has 1 unspecified atom stereocenters. The number of hydrogen-bond acceptors (Lipinski definition) is 3. The molecule has 130 valence electrons. The number of piperidine rings is 1. The first-order valence-electron chi connectivity index (χ1n) is 8.37. The fraction of sp³-hybridized carbons (Fsp3) is 0.765. The van der Waals surface area contributed by atoms with Crippen molar-refractivity contribution >= 4 is 22.0 Å². The molecule has 23 heavy (non-hydrogen) atoms. The molecule has 1 fully saturated rings. The highest BCUT2D eigenvalue weighted by atomic mass is 79.9. The number of nitrogens with zero attached hydrogens (tertiary/aromatic N) is 3. The molecular formula is C17H28BrN3O2. The lowest BCUT2D eigenvalue weighted by molar-refractivity contribution is 0.0165. The maximum absolute atomic E-state index is 12.3. The molecule has 0 saturated carbocycles. The molecule has 0 N–H and O–H groups in total. The molecule has 0 spiro atoms. The van der Waals surface area contributed by atoms with E-state index in [1.165, 1.54) is 5.69 Å². The molecule has 1 saturated heterocycles. The van der Waals surface area contributed by atoms with Crippen LogP contribution >= 0.6 is 15.9 Å². The predicted octanol–water partition coefficient (Wildman–Crippen LogP) is 4.42. The van der Waals surface area contributed by atoms with Crippen LogP contribution < -0.4 is 0 Å². The maximum atomic E-state index is 12.3. The van der Waals surface area contributed by atoms with Crippen LogP contribution in [0.15, 0.2) is 10.7 Å². The molecule has 6 heteroatoms. The molecule has 0 aliphatic carbocycles. The van der Waals surface area contributed by atoms with Crippen LogP contribution in [-0.2, 0) is 11.2 Å². The van der Waals surface area contributed by atoms with Crippen molar-refractivity contribution in [2.24, 2.45) is 5.92 Å². The smallest absolute Gasteiger partial charge is 0.410 e. The number of hydrogen-bond donors (Lipinski definition) is 0. The van der Waals surface area contributed by atoms with Gasteiger partial charge in [0, 0.05) is 18.8 Å². The van der Waals surface area contributed by atoms with E-state index in [1.54, 1.807) is 0 Å². The first-order chi connectivity index (χ1) is 10.7. The molecular weight excluding hydrogens is 358 g/mol. The predicted molar refractivity (Wildman–Crippen MR) is 94.5 cm³/mol. The van der Waals surface area contributed by atoms with Gasteiger partial charge in [-0.05, 0) is 67.9 Å². The van der Waals surface area contributed by atoms with Crippen molar-refractivity contribution in [1.29, 1.82) is 0 Å². The summed E-state index contributed by atoms with van der Waals surface area (Å²) in [4.78, 5) is 14.1. The van der Waals surface area contributed by atoms with Gasteiger partial charge in [0.1, 0.15) is 10.2 Å². The highest BCUT2D eigenvalue weighted by Gasteiger charge is 2.29. The third-order valence-corrected chi connectivity index (χ3v) is 4.18. The third-order valence-electron chi connectivity index (χ3n) is 3.79. The second kappa shape index (κ2) is 7.24. The first kappa shape index (κ1) is 18.3. The third kappa shape index (κ3) is 5.23. The lowest BCUT2D eigenvalue weighted by Gasteiger charge is -2.34. The Morgan fingerprint density at radius 2 is 2.17 bits per heavy atom. The van der Waals surface area contributed by atoms with E-state index in [9.17, 15) is 4.79 Å². The molecule has 1 aliphatic heterocycles. The number of aromatic nitrogens is 2. The number of amides is 1. The Morgan fingerprint density at radius 3 is 2.78 bits per heavy atom. The van der Waals surface area contributed by atoms with Gasteiger partial charge in [-0.3, -0.25) is 4.68 Å². The van der Waals surface area contributed by atoms with Gasteiger partial charge in [0.05, 0.1) is 6.04 Å². The average molecular weight is 386 g/mol. The van der Waals surface area contributed by atoms with E-state index in [2.05, 4.69) is 45.6 Å². The normalized spacial score (nSPS) is 19.3. The fourth-order valence-corrected chi connectivity index (χ4v) is 3.37. The van der Waals surface area contributed by atoms with Crippen LogP contribution in [0, 0.1) is 5.92 Å². The van der Waals surface area contributed by atoms with Gasteiger partial charge in [0.2, 0.25) is 0 Å². The monoisotopic (exact) mass is 385 g/mol. The Hall–Kier alpha value is -1.04. The van der Waals surface area contributed by atoms with E-state index in [4.69, 9.17) is 4.74 Å². The SMILES string of the molecule is CC(C)Cc1cc(Br)nn1C1CCCN(C(=O)OC(C)(C)C)C1. The van der Waals surface area contributed by atoms with Gasteiger partial charge in [-0.1, -0.05) is 13.8 Å². The first-order valence-corrected chi connectivity index (χ1v) is 9.17. The van der Waals surface area contributed by atoms with Crippen molar-refractivity contribution in [2.75, 3.05) is 13.1 Å². The Labute approximate surface area is 147 Å². The van der Waals surface area contributed by atoms with Crippen molar-refractivity contribution in [3.63, 3.8) is 0 Å². The standard InChI is InChI=1S/C17H28BrN3O2/c1-12(2)9-14-10-15(18)19-21(14)13-7-6-8-20(11-13)16(22)23-17(3,4)5/h10,12-13H,6-9,11H2,1-5H3. The second-order valence-corrected chi connectivity index (χ2v) is 8.54. The van der Waals surface area contributed by atoms with Crippen molar-refractivity contribution in [3.05, 3.63) is 16.4 Å². The molecule has 0 bridgehead atoms. The molecule has 2 heterocycles. The zero-order chi connectivity index (χ0) is 17.2. The van der Waals surface area contributed by atoms with Gasteiger partial charge < -0.3 is 9.64 Å². The molecule has 1 amide bonds. The summed E-state index contributed by atoms with van der Waals surface area (Å²) in [6, 6.07) is 2.31. The van der Waals surface area contributed by atoms with Gasteiger partial charge in [-0.15, -0.1) is 0 Å². The molecule has 1 atom stereocenters. The van der Waals surface area contributed by atoms with Gasteiger partial charge in [0.15, 0.2) is 0 Å². The summed E-state index contributed by atoms with van der Waals surface area (Å²) in [5.41, 5.74) is 0.768. The maximum Gasteiger partial charge on any atom is 0.410 e. The van der Waals surface area contributed by atoms with E-state index in [-0.39, 0.29) is 12.1 Å². The van der Waals surface area contributed by atoms with Gasteiger partial charge in [0.25, 0.3) is 0 Å². The van der Waals surface area contributed by atoms with Gasteiger partial charge in [-0.2, -0.15) is 5.10 Å². The Kier molecular flexibility index (Phi) is 5.76. The zero-order valence-corrected chi connectivity index (χ0v) is 16.4. The minimum absolute atomic E-state index is 0.219. The summed E-state index contributed by atoms with van der Waals surface area (Å²) >= 11 is 3.49. The van der Waals surface area contributed by atoms with Crippen LogP contribution in [0.1, 0.15) is 59.2 Å². The van der Waals surface area contributed by atoms with E-state index < -0.39 is 5.60 Å². The van der Waals surface area contributed by atoms with Crippen molar-refractivity contribution < 1.29 is 9.53 Å². The lowest BCUT2D eigenvalue weighted by Crippen LogP contribution is -2.43. The summed E-state index contributed by atoms with van der Waals surface area (Å²) < 4.78 is 8.47. The minimum atomic E-state index is -0.457. The summed E-state index contributed by atoms with van der Waals surface area (Å²) in [5, 5.41) is 4.61. The van der Waals surface area contributed by atoms with Crippen molar-refractivity contribution in [1.82, 2.24) is 14.7 Å². The zero-order valence-electron chi connectivity index (χ0n) is 14.8. The topological polar surface area (TPSA) is 47.4 Å². The number of likely N-dealkylation sites (tertiary alicyclic amines) is 1. The van der Waals surface area contributed by atoms with E-state index in [0.717, 1.165) is 30.4 Å². The van der Waals surface area contributed by atoms with Crippen LogP contribution in [0.2, 0.25) is 0 Å². The summed E-state index contributed by atoms with van der Waals surface area (Å²) in [7, 11) is 0. The Morgan fingerprint density at radius 1 is 1.48 bits per heavy atom. The number of carbonyl (C=O) groups excluding carboxylic acids is 1. The van der Waals surface area contributed by atoms with Crippen LogP contribution in [0.4, 0.5) is 4.79 Å². The number of ether oxygens (including phenoxy) is 1. The number of halogens is 1. The Balaban J connectivity index is 2.11. The lowest BCUT2D eigenvalue weighted by atomic mass is 10.0. The molecule has 1 aliphatic rings. The molecule has 2 rings (SSSR count). The molecule has 0 aromatic carbocycles. The number of rotatable bonds is 3. The van der Waals surface area contributed by atoms with E-state index in [0.29, 0.717) is 12.5 Å². The molecule has 0 radical (unpaired) electrons. The van der Waals surface area contributed by atoms with Gasteiger partial charge in [-0.25, -0.2) is 4.79 Å². The van der Waals surface area contributed by atoms with Crippen LogP contribution in [-0.4, -0.2) is 39.5 Å². The second-order valence-electron chi connectivity index (χ2n) is 7.72. The highest BCUT2D eigenvalue weighted by Crippen LogP contribution is 2.26. The van der Waals surface area contributed by atoms with Crippen LogP contribution in [0.5, 0.6) is 0 Å². The largest absolute Gasteiger partial charge is 0.444 e. The summed E-state index contributed by atoms with van der Waals surface area (Å²) in [6.45, 7) is 11.5. The minimum Gasteiger partial charge on any atom is -0.444 e. The summed E-state index contributed by atoms with van der Waals surface area (Å²) in [6.07, 6.45) is 2.78. The van der Waals surface area contributed by atoms with Crippen LogP contribution in [0.25, 0.3) is 0 Å². The molecule has 5 nitrogen and oxygen atoms in total. The van der Waals surface area contributed by atoms with Crippen molar-refractivity contribution in [3.8, 4) is 0 Å². The Bertz CT molecular complexity index is 549. The van der Waals surface area contributed by atoms with Crippen LogP contribution in [0.3, 0.4) is 0 Å². The average Bonchev–Trinajstić information content (AvgIpc) is 2.77.